The molecule has 3 nitrogen and oxygen atoms in total. The van der Waals surface area contributed by atoms with Crippen LogP contribution < -0.4 is 0 Å². The Labute approximate surface area is 290 Å². The topological polar surface area (TPSA) is 22.8 Å². The van der Waals surface area contributed by atoms with Crippen LogP contribution >= 0.6 is 0 Å². The van der Waals surface area contributed by atoms with Gasteiger partial charge in [-0.05, 0) is 59.2 Å². The van der Waals surface area contributed by atoms with E-state index in [0.29, 0.717) is 0 Å². The molecule has 0 saturated heterocycles. The standard InChI is InChI=1S/C47H31N3/c1-4-16-32(17-5-1)34-30-41(33-18-6-2-7-19-33)48-45(31-34)50-43-28-13-11-23-40(43)46-37(24-15-29-44(46)50)39-26-14-25-38-36-22-10-12-27-42(36)49(47(38)39)35-20-8-3-9-21-35/h1-31H. The fraction of sp³-hybridized carbons (Fsp3) is 0. The van der Waals surface area contributed by atoms with Crippen molar-refractivity contribution >= 4 is 43.6 Å². The van der Waals surface area contributed by atoms with E-state index in [1.807, 2.05) is 0 Å². The lowest BCUT2D eigenvalue weighted by Crippen LogP contribution is -2.00. The molecule has 3 aromatic heterocycles. The summed E-state index contributed by atoms with van der Waals surface area (Å²) in [6.45, 7) is 0. The van der Waals surface area contributed by atoms with E-state index in [2.05, 4.69) is 197 Å². The Morgan fingerprint density at radius 3 is 1.68 bits per heavy atom. The van der Waals surface area contributed by atoms with Crippen molar-refractivity contribution < 1.29 is 0 Å². The molecule has 0 aliphatic rings. The molecular formula is C47H31N3. The summed E-state index contributed by atoms with van der Waals surface area (Å²) >= 11 is 0. The highest BCUT2D eigenvalue weighted by Crippen LogP contribution is 2.43. The maximum atomic E-state index is 5.37. The molecule has 0 atom stereocenters. The molecule has 0 radical (unpaired) electrons. The zero-order chi connectivity index (χ0) is 33.0. The fourth-order valence-electron chi connectivity index (χ4n) is 7.76. The van der Waals surface area contributed by atoms with Crippen molar-refractivity contribution in [3.8, 4) is 45.0 Å². The predicted molar refractivity (Wildman–Crippen MR) is 209 cm³/mol. The zero-order valence-electron chi connectivity index (χ0n) is 27.2. The highest BCUT2D eigenvalue weighted by Gasteiger charge is 2.21. The van der Waals surface area contributed by atoms with E-state index >= 15 is 0 Å². The Morgan fingerprint density at radius 1 is 0.360 bits per heavy atom. The Kier molecular flexibility index (Phi) is 6.49. The first-order chi connectivity index (χ1) is 24.8. The molecule has 50 heavy (non-hydrogen) atoms. The fourth-order valence-corrected chi connectivity index (χ4v) is 7.76. The monoisotopic (exact) mass is 637 g/mol. The summed E-state index contributed by atoms with van der Waals surface area (Å²) in [5.74, 6) is 0.894. The van der Waals surface area contributed by atoms with Crippen LogP contribution in [0.15, 0.2) is 188 Å². The second kappa shape index (κ2) is 11.5. The van der Waals surface area contributed by atoms with Crippen LogP contribution in [-0.2, 0) is 0 Å². The number of benzene rings is 7. The Morgan fingerprint density at radius 2 is 0.920 bits per heavy atom. The van der Waals surface area contributed by atoms with Gasteiger partial charge in [-0.2, -0.15) is 0 Å². The van der Waals surface area contributed by atoms with Gasteiger partial charge >= 0.3 is 0 Å². The zero-order valence-corrected chi connectivity index (χ0v) is 27.2. The molecule has 10 rings (SSSR count). The van der Waals surface area contributed by atoms with Gasteiger partial charge in [0.25, 0.3) is 0 Å². The van der Waals surface area contributed by atoms with Gasteiger partial charge in [-0.3, -0.25) is 4.57 Å². The predicted octanol–water partition coefficient (Wildman–Crippen LogP) is 12.3. The lowest BCUT2D eigenvalue weighted by molar-refractivity contribution is 1.08. The molecule has 234 valence electrons. The van der Waals surface area contributed by atoms with E-state index in [0.717, 1.165) is 44.9 Å². The van der Waals surface area contributed by atoms with Gasteiger partial charge in [0.1, 0.15) is 5.82 Å². The van der Waals surface area contributed by atoms with Gasteiger partial charge in [0, 0.05) is 38.4 Å². The summed E-state index contributed by atoms with van der Waals surface area (Å²) in [5, 5.41) is 4.91. The molecule has 3 heteroatoms. The molecule has 3 heterocycles. The molecule has 0 fully saturated rings. The van der Waals surface area contributed by atoms with E-state index < -0.39 is 0 Å². The number of fused-ring (bicyclic) bond motifs is 6. The molecule has 0 spiro atoms. The number of rotatable bonds is 5. The van der Waals surface area contributed by atoms with Crippen molar-refractivity contribution in [1.29, 1.82) is 0 Å². The highest BCUT2D eigenvalue weighted by molar-refractivity contribution is 6.20. The summed E-state index contributed by atoms with van der Waals surface area (Å²) in [4.78, 5) is 5.37. The first kappa shape index (κ1) is 28.3. The minimum absolute atomic E-state index is 0.894. The summed E-state index contributed by atoms with van der Waals surface area (Å²) in [6, 6.07) is 67.2. The normalized spacial score (nSPS) is 11.6. The molecule has 0 aliphatic heterocycles. The molecule has 0 bridgehead atoms. The van der Waals surface area contributed by atoms with Gasteiger partial charge in [-0.1, -0.05) is 146 Å². The van der Waals surface area contributed by atoms with Crippen molar-refractivity contribution in [2.45, 2.75) is 0 Å². The third kappa shape index (κ3) is 4.41. The SMILES string of the molecule is c1ccc(-c2cc(-c3ccccc3)nc(-n3c4ccccc4c4c(-c5cccc6c7ccccc7n(-c7ccccc7)c56)cccc43)c2)cc1. The van der Waals surface area contributed by atoms with Gasteiger partial charge in [-0.25, -0.2) is 4.98 Å². The van der Waals surface area contributed by atoms with E-state index in [-0.39, 0.29) is 0 Å². The van der Waals surface area contributed by atoms with Crippen molar-refractivity contribution in [3.05, 3.63) is 188 Å². The molecule has 0 aliphatic carbocycles. The number of aromatic nitrogens is 3. The van der Waals surface area contributed by atoms with Gasteiger partial charge < -0.3 is 4.57 Å². The molecule has 10 aromatic rings. The lowest BCUT2D eigenvalue weighted by atomic mass is 9.97. The van der Waals surface area contributed by atoms with Crippen molar-refractivity contribution in [2.75, 3.05) is 0 Å². The number of nitrogens with zero attached hydrogens (tertiary/aromatic N) is 3. The average Bonchev–Trinajstić information content (AvgIpc) is 3.72. The molecular weight excluding hydrogens is 607 g/mol. The van der Waals surface area contributed by atoms with E-state index in [1.54, 1.807) is 0 Å². The van der Waals surface area contributed by atoms with Crippen LogP contribution in [0.4, 0.5) is 0 Å². The minimum Gasteiger partial charge on any atom is -0.309 e. The third-order valence-corrected chi connectivity index (χ3v) is 9.91. The summed E-state index contributed by atoms with van der Waals surface area (Å²) in [5.41, 5.74) is 12.5. The van der Waals surface area contributed by atoms with Crippen molar-refractivity contribution in [2.24, 2.45) is 0 Å². The molecule has 0 amide bonds. The lowest BCUT2D eigenvalue weighted by Gasteiger charge is -2.14. The summed E-state index contributed by atoms with van der Waals surface area (Å²) in [6.07, 6.45) is 0. The Balaban J connectivity index is 1.30. The van der Waals surface area contributed by atoms with Crippen LogP contribution in [0.1, 0.15) is 0 Å². The van der Waals surface area contributed by atoms with Crippen LogP contribution in [0.3, 0.4) is 0 Å². The number of para-hydroxylation sites is 4. The third-order valence-electron chi connectivity index (χ3n) is 9.91. The maximum Gasteiger partial charge on any atom is 0.138 e. The van der Waals surface area contributed by atoms with Gasteiger partial charge in [-0.15, -0.1) is 0 Å². The number of hydrogen-bond donors (Lipinski definition) is 0. The summed E-state index contributed by atoms with van der Waals surface area (Å²) in [7, 11) is 0. The Hall–Kier alpha value is -6.71. The van der Waals surface area contributed by atoms with Gasteiger partial charge in [0.2, 0.25) is 0 Å². The molecule has 0 N–H and O–H groups in total. The van der Waals surface area contributed by atoms with E-state index in [9.17, 15) is 0 Å². The van der Waals surface area contributed by atoms with Gasteiger partial charge in [0.15, 0.2) is 0 Å². The largest absolute Gasteiger partial charge is 0.309 e. The van der Waals surface area contributed by atoms with E-state index in [1.165, 1.54) is 43.7 Å². The van der Waals surface area contributed by atoms with Crippen LogP contribution in [0.5, 0.6) is 0 Å². The average molecular weight is 638 g/mol. The van der Waals surface area contributed by atoms with Crippen LogP contribution in [0.25, 0.3) is 88.6 Å². The number of pyridine rings is 1. The first-order valence-corrected chi connectivity index (χ1v) is 17.1. The highest BCUT2D eigenvalue weighted by atomic mass is 15.1. The second-order valence-corrected chi connectivity index (χ2v) is 12.8. The quantitative estimate of drug-likeness (QED) is 0.184. The smallest absolute Gasteiger partial charge is 0.138 e. The Bertz CT molecular complexity index is 2790. The molecule has 0 unspecified atom stereocenters. The number of hydrogen-bond acceptors (Lipinski definition) is 1. The van der Waals surface area contributed by atoms with Crippen LogP contribution in [-0.4, -0.2) is 14.1 Å². The van der Waals surface area contributed by atoms with Crippen LogP contribution in [0, 0.1) is 0 Å². The van der Waals surface area contributed by atoms with Gasteiger partial charge in [0.05, 0.1) is 27.8 Å². The van der Waals surface area contributed by atoms with Crippen molar-refractivity contribution in [3.63, 3.8) is 0 Å². The maximum absolute atomic E-state index is 5.37. The second-order valence-electron chi connectivity index (χ2n) is 12.8. The minimum atomic E-state index is 0.894. The van der Waals surface area contributed by atoms with Crippen LogP contribution in [0.2, 0.25) is 0 Å². The van der Waals surface area contributed by atoms with E-state index in [4.69, 9.17) is 4.98 Å². The molecule has 0 saturated carbocycles. The van der Waals surface area contributed by atoms with Crippen molar-refractivity contribution in [1.82, 2.24) is 14.1 Å². The summed E-state index contributed by atoms with van der Waals surface area (Å²) < 4.78 is 4.77. The first-order valence-electron chi connectivity index (χ1n) is 17.1. The molecule has 7 aromatic carbocycles.